The minimum atomic E-state index is -0.270. The molecule has 3 N–H and O–H groups in total. The molecule has 1 saturated carbocycles. The summed E-state index contributed by atoms with van der Waals surface area (Å²) in [6, 6.07) is 6.27. The van der Waals surface area contributed by atoms with Gasteiger partial charge in [-0.1, -0.05) is 12.6 Å². The van der Waals surface area contributed by atoms with Crippen LogP contribution in [0.4, 0.5) is 10.1 Å². The molecule has 1 fully saturated rings. The topological polar surface area (TPSA) is 38.0 Å². The Morgan fingerprint density at radius 1 is 1.38 bits per heavy atom. The van der Waals surface area contributed by atoms with Crippen LogP contribution in [0.25, 0.3) is 0 Å². The first-order valence-electron chi connectivity index (χ1n) is 5.36. The van der Waals surface area contributed by atoms with Crippen LogP contribution >= 0.6 is 0 Å². The molecule has 1 aromatic carbocycles. The molecule has 0 radical (unpaired) electrons. The lowest BCUT2D eigenvalue weighted by Crippen LogP contribution is -2.12. The van der Waals surface area contributed by atoms with Gasteiger partial charge in [0, 0.05) is 5.69 Å². The third-order valence-corrected chi connectivity index (χ3v) is 2.76. The highest BCUT2D eigenvalue weighted by atomic mass is 19.1. The summed E-state index contributed by atoms with van der Waals surface area (Å²) in [5.74, 6) is 0.321. The summed E-state index contributed by atoms with van der Waals surface area (Å²) in [7, 11) is 0. The number of hydrogen-bond donors (Lipinski definition) is 2. The third-order valence-electron chi connectivity index (χ3n) is 2.76. The van der Waals surface area contributed by atoms with Crippen molar-refractivity contribution in [2.24, 2.45) is 5.73 Å². The van der Waals surface area contributed by atoms with Crippen molar-refractivity contribution in [3.8, 4) is 0 Å². The van der Waals surface area contributed by atoms with Crippen molar-refractivity contribution in [3.05, 3.63) is 53.6 Å². The van der Waals surface area contributed by atoms with E-state index in [1.807, 2.05) is 0 Å². The first-order valence-corrected chi connectivity index (χ1v) is 5.36. The molecule has 16 heavy (non-hydrogen) atoms. The van der Waals surface area contributed by atoms with Crippen LogP contribution in [0.2, 0.25) is 0 Å². The van der Waals surface area contributed by atoms with Crippen LogP contribution < -0.4 is 11.1 Å². The zero-order valence-corrected chi connectivity index (χ0v) is 9.09. The van der Waals surface area contributed by atoms with Gasteiger partial charge in [-0.05, 0) is 48.6 Å². The van der Waals surface area contributed by atoms with Crippen LogP contribution in [0.15, 0.2) is 47.8 Å². The number of anilines is 1. The smallest absolute Gasteiger partial charge is 0.125 e. The Morgan fingerprint density at radius 3 is 2.81 bits per heavy atom. The average molecular weight is 218 g/mol. The molecule has 0 amide bonds. The zero-order chi connectivity index (χ0) is 11.5. The predicted molar refractivity (Wildman–Crippen MR) is 64.2 cm³/mol. The summed E-state index contributed by atoms with van der Waals surface area (Å²) in [4.78, 5) is 0. The van der Waals surface area contributed by atoms with Crippen molar-refractivity contribution >= 4 is 5.69 Å². The summed E-state index contributed by atoms with van der Waals surface area (Å²) < 4.78 is 13.0. The zero-order valence-electron chi connectivity index (χ0n) is 9.09. The van der Waals surface area contributed by atoms with Crippen LogP contribution in [0.1, 0.15) is 19.3 Å². The molecule has 3 heteroatoms. The van der Waals surface area contributed by atoms with Crippen molar-refractivity contribution in [3.63, 3.8) is 0 Å². The van der Waals surface area contributed by atoms with Crippen molar-refractivity contribution < 1.29 is 4.39 Å². The van der Waals surface area contributed by atoms with Gasteiger partial charge >= 0.3 is 0 Å². The van der Waals surface area contributed by atoms with E-state index in [0.717, 1.165) is 30.4 Å². The number of halogens is 1. The molecule has 0 bridgehead atoms. The molecule has 84 valence electrons. The van der Waals surface area contributed by atoms with Crippen molar-refractivity contribution in [1.29, 1.82) is 0 Å². The Balaban J connectivity index is 2.18. The van der Waals surface area contributed by atoms with Gasteiger partial charge in [-0.2, -0.15) is 0 Å². The number of nitrogens with one attached hydrogen (secondary N) is 1. The lowest BCUT2D eigenvalue weighted by atomic mass is 10.1. The summed E-state index contributed by atoms with van der Waals surface area (Å²) in [6.07, 6.45) is 3.05. The minimum Gasteiger partial charge on any atom is -0.385 e. The average Bonchev–Trinajstić information content (AvgIpc) is 2.64. The monoisotopic (exact) mass is 218 g/mol. The third kappa shape index (κ3) is 2.24. The van der Waals surface area contributed by atoms with Gasteiger partial charge in [0.25, 0.3) is 0 Å². The first-order chi connectivity index (χ1) is 7.66. The van der Waals surface area contributed by atoms with Crippen molar-refractivity contribution in [2.45, 2.75) is 19.3 Å². The molecule has 1 aliphatic rings. The molecule has 0 heterocycles. The summed E-state index contributed by atoms with van der Waals surface area (Å²) in [5, 5.41) is 3.01. The fourth-order valence-electron chi connectivity index (χ4n) is 1.93. The van der Waals surface area contributed by atoms with E-state index < -0.39 is 0 Å². The lowest BCUT2D eigenvalue weighted by Gasteiger charge is -2.10. The van der Waals surface area contributed by atoms with Gasteiger partial charge < -0.3 is 11.1 Å². The molecule has 1 aromatic rings. The van der Waals surface area contributed by atoms with Crippen LogP contribution in [0.3, 0.4) is 0 Å². The molecule has 2 rings (SSSR count). The maximum atomic E-state index is 13.0. The Morgan fingerprint density at radius 2 is 2.19 bits per heavy atom. The van der Waals surface area contributed by atoms with Crippen LogP contribution in [-0.2, 0) is 0 Å². The predicted octanol–water partition coefficient (Wildman–Crippen LogP) is 3.15. The van der Waals surface area contributed by atoms with E-state index in [4.69, 9.17) is 5.73 Å². The maximum Gasteiger partial charge on any atom is 0.125 e. The minimum absolute atomic E-state index is 0.270. The Kier molecular flexibility index (Phi) is 2.95. The Hall–Kier alpha value is -1.77. The van der Waals surface area contributed by atoms with Crippen molar-refractivity contribution in [1.82, 2.24) is 0 Å². The molecular weight excluding hydrogens is 203 g/mol. The summed E-state index contributed by atoms with van der Waals surface area (Å²) in [6.45, 7) is 3.96. The molecule has 0 saturated heterocycles. The second kappa shape index (κ2) is 4.39. The van der Waals surface area contributed by atoms with E-state index in [2.05, 4.69) is 11.9 Å². The molecule has 0 unspecified atom stereocenters. The van der Waals surface area contributed by atoms with E-state index in [1.54, 1.807) is 12.1 Å². The van der Waals surface area contributed by atoms with E-state index in [-0.39, 0.29) is 5.82 Å². The highest BCUT2D eigenvalue weighted by Gasteiger charge is 2.14. The first kappa shape index (κ1) is 10.7. The number of rotatable bonds is 2. The molecule has 0 aromatic heterocycles. The van der Waals surface area contributed by atoms with Gasteiger partial charge in [-0.3, -0.25) is 0 Å². The van der Waals surface area contributed by atoms with Gasteiger partial charge in [0.1, 0.15) is 11.6 Å². The normalized spacial score (nSPS) is 18.7. The number of hydrogen-bond acceptors (Lipinski definition) is 2. The SMILES string of the molecule is C=C1CCC/C1=C(\N)Nc1cccc(F)c1. The number of benzene rings is 1. The van der Waals surface area contributed by atoms with Gasteiger partial charge in [-0.15, -0.1) is 0 Å². The molecule has 1 aliphatic carbocycles. The Labute approximate surface area is 94.7 Å². The fraction of sp³-hybridized carbons (Fsp3) is 0.231. The molecular formula is C13H15FN2. The van der Waals surface area contributed by atoms with Gasteiger partial charge in [0.05, 0.1) is 0 Å². The standard InChI is InChI=1S/C13H15FN2/c1-9-4-2-7-12(9)13(15)16-11-6-3-5-10(14)8-11/h3,5-6,8,16H,1-2,4,7,15H2/b13-12-. The number of nitrogens with two attached hydrogens (primary N) is 1. The molecule has 2 nitrogen and oxygen atoms in total. The van der Waals surface area contributed by atoms with E-state index >= 15 is 0 Å². The van der Waals surface area contributed by atoms with E-state index in [0.29, 0.717) is 11.5 Å². The molecule has 0 spiro atoms. The molecule has 0 aliphatic heterocycles. The fourth-order valence-corrected chi connectivity index (χ4v) is 1.93. The van der Waals surface area contributed by atoms with Gasteiger partial charge in [-0.25, -0.2) is 4.39 Å². The second-order valence-electron chi connectivity index (χ2n) is 3.98. The number of allylic oxidation sites excluding steroid dienone is 2. The largest absolute Gasteiger partial charge is 0.385 e. The lowest BCUT2D eigenvalue weighted by molar-refractivity contribution is 0.628. The highest BCUT2D eigenvalue weighted by molar-refractivity contribution is 5.51. The second-order valence-corrected chi connectivity index (χ2v) is 3.98. The van der Waals surface area contributed by atoms with Crippen LogP contribution in [0, 0.1) is 5.82 Å². The van der Waals surface area contributed by atoms with Crippen LogP contribution in [-0.4, -0.2) is 0 Å². The van der Waals surface area contributed by atoms with Crippen LogP contribution in [0.5, 0.6) is 0 Å². The quantitative estimate of drug-likeness (QED) is 0.800. The van der Waals surface area contributed by atoms with E-state index in [9.17, 15) is 4.39 Å². The highest BCUT2D eigenvalue weighted by Crippen LogP contribution is 2.30. The van der Waals surface area contributed by atoms with Gasteiger partial charge in [0.15, 0.2) is 0 Å². The maximum absolute atomic E-state index is 13.0. The van der Waals surface area contributed by atoms with Gasteiger partial charge in [0.2, 0.25) is 0 Å². The Bertz CT molecular complexity index is 449. The summed E-state index contributed by atoms with van der Waals surface area (Å²) in [5.41, 5.74) is 8.77. The van der Waals surface area contributed by atoms with Crippen molar-refractivity contribution in [2.75, 3.05) is 5.32 Å². The summed E-state index contributed by atoms with van der Waals surface area (Å²) >= 11 is 0. The van der Waals surface area contributed by atoms with E-state index in [1.165, 1.54) is 12.1 Å². The molecule has 0 atom stereocenters.